The van der Waals surface area contributed by atoms with Crippen LogP contribution in [0, 0.1) is 0 Å². The Hall–Kier alpha value is -1.16. The minimum Gasteiger partial charge on any atom is -0.360 e. The molecule has 13 heavy (non-hydrogen) atoms. The first-order chi connectivity index (χ1) is 6.34. The molecule has 0 unspecified atom stereocenters. The summed E-state index contributed by atoms with van der Waals surface area (Å²) >= 11 is 5.10. The zero-order valence-corrected chi connectivity index (χ0v) is 7.97. The minimum atomic E-state index is 0.594. The Kier molecular flexibility index (Phi) is 2.40. The molecule has 0 bridgehead atoms. The van der Waals surface area contributed by atoms with E-state index in [0.717, 1.165) is 5.69 Å². The van der Waals surface area contributed by atoms with Crippen LogP contribution < -0.4 is 10.6 Å². The Bertz CT molecular complexity index is 295. The zero-order valence-electron chi connectivity index (χ0n) is 7.16. The lowest BCUT2D eigenvalue weighted by molar-refractivity contribution is 0.919. The first-order valence-electron chi connectivity index (χ1n) is 4.32. The molecule has 2 N–H and O–H groups in total. The fraction of sp³-hybridized carbons (Fsp3) is 0.333. The van der Waals surface area contributed by atoms with Crippen molar-refractivity contribution in [2.75, 3.05) is 5.32 Å². The van der Waals surface area contributed by atoms with E-state index < -0.39 is 0 Å². The number of anilines is 1. The second-order valence-electron chi connectivity index (χ2n) is 3.11. The van der Waals surface area contributed by atoms with Gasteiger partial charge in [-0.1, -0.05) is 0 Å². The highest BCUT2D eigenvalue weighted by Crippen LogP contribution is 2.18. The van der Waals surface area contributed by atoms with E-state index in [9.17, 15) is 0 Å². The third-order valence-corrected chi connectivity index (χ3v) is 2.05. The lowest BCUT2D eigenvalue weighted by Gasteiger charge is -2.08. The van der Waals surface area contributed by atoms with E-state index in [2.05, 4.69) is 15.6 Å². The number of thiocarbonyl (C=S) groups is 1. The molecule has 0 atom stereocenters. The summed E-state index contributed by atoms with van der Waals surface area (Å²) in [5.41, 5.74) is 0.931. The lowest BCUT2D eigenvalue weighted by atomic mass is 10.4. The standard InChI is InChI=1S/C9H11N3S/c13-9(11-7-3-4-7)12-8-2-1-5-10-6-8/h1-2,5-7H,3-4H2,(H2,11,12,13). The number of pyridine rings is 1. The molecule has 1 fully saturated rings. The van der Waals surface area contributed by atoms with E-state index in [1.165, 1.54) is 12.8 Å². The van der Waals surface area contributed by atoms with Crippen LogP contribution >= 0.6 is 12.2 Å². The van der Waals surface area contributed by atoms with Crippen LogP contribution in [-0.4, -0.2) is 16.1 Å². The second kappa shape index (κ2) is 3.70. The molecule has 68 valence electrons. The van der Waals surface area contributed by atoms with Gasteiger partial charge in [0.15, 0.2) is 5.11 Å². The quantitative estimate of drug-likeness (QED) is 0.698. The van der Waals surface area contributed by atoms with Crippen LogP contribution in [0.5, 0.6) is 0 Å². The largest absolute Gasteiger partial charge is 0.360 e. The van der Waals surface area contributed by atoms with Crippen LogP contribution in [0.1, 0.15) is 12.8 Å². The molecule has 0 amide bonds. The molecule has 1 aliphatic rings. The van der Waals surface area contributed by atoms with Gasteiger partial charge in [-0.3, -0.25) is 4.98 Å². The molecule has 0 saturated heterocycles. The van der Waals surface area contributed by atoms with Gasteiger partial charge in [0.05, 0.1) is 11.9 Å². The molecule has 2 rings (SSSR count). The van der Waals surface area contributed by atoms with Gasteiger partial charge in [-0.15, -0.1) is 0 Å². The zero-order chi connectivity index (χ0) is 9.10. The van der Waals surface area contributed by atoms with Crippen molar-refractivity contribution in [1.29, 1.82) is 0 Å². The number of rotatable bonds is 2. The molecule has 1 aromatic heterocycles. The maximum absolute atomic E-state index is 5.10. The third kappa shape index (κ3) is 2.66. The van der Waals surface area contributed by atoms with Crippen LogP contribution in [-0.2, 0) is 0 Å². The normalized spacial score (nSPS) is 15.1. The molecule has 0 aromatic carbocycles. The highest BCUT2D eigenvalue weighted by atomic mass is 32.1. The average molecular weight is 193 g/mol. The van der Waals surface area contributed by atoms with Crippen molar-refractivity contribution in [3.05, 3.63) is 24.5 Å². The first kappa shape index (κ1) is 8.44. The van der Waals surface area contributed by atoms with Crippen LogP contribution in [0.4, 0.5) is 5.69 Å². The van der Waals surface area contributed by atoms with Gasteiger partial charge in [0, 0.05) is 12.2 Å². The van der Waals surface area contributed by atoms with Gasteiger partial charge in [-0.05, 0) is 37.2 Å². The summed E-state index contributed by atoms with van der Waals surface area (Å²) in [7, 11) is 0. The lowest BCUT2D eigenvalue weighted by Crippen LogP contribution is -2.30. The molecular formula is C9H11N3S. The van der Waals surface area contributed by atoms with Crippen LogP contribution in [0.2, 0.25) is 0 Å². The Labute approximate surface area is 82.6 Å². The minimum absolute atomic E-state index is 0.594. The summed E-state index contributed by atoms with van der Waals surface area (Å²) in [6.45, 7) is 0. The molecular weight excluding hydrogens is 182 g/mol. The van der Waals surface area contributed by atoms with Gasteiger partial charge in [0.1, 0.15) is 0 Å². The summed E-state index contributed by atoms with van der Waals surface area (Å²) in [6, 6.07) is 4.41. The summed E-state index contributed by atoms with van der Waals surface area (Å²) < 4.78 is 0. The Morgan fingerprint density at radius 2 is 2.38 bits per heavy atom. The van der Waals surface area contributed by atoms with Gasteiger partial charge >= 0.3 is 0 Å². The molecule has 1 aromatic rings. The van der Waals surface area contributed by atoms with Crippen molar-refractivity contribution in [2.24, 2.45) is 0 Å². The molecule has 1 heterocycles. The molecule has 3 nitrogen and oxygen atoms in total. The first-order valence-corrected chi connectivity index (χ1v) is 4.73. The molecule has 0 radical (unpaired) electrons. The topological polar surface area (TPSA) is 37.0 Å². The molecule has 0 spiro atoms. The molecule has 4 heteroatoms. The molecule has 1 saturated carbocycles. The summed E-state index contributed by atoms with van der Waals surface area (Å²) in [5.74, 6) is 0. The van der Waals surface area contributed by atoms with Crippen LogP contribution in [0.25, 0.3) is 0 Å². The van der Waals surface area contributed by atoms with Crippen LogP contribution in [0.3, 0.4) is 0 Å². The fourth-order valence-corrected chi connectivity index (χ4v) is 1.30. The van der Waals surface area contributed by atoms with E-state index in [-0.39, 0.29) is 0 Å². The SMILES string of the molecule is S=C(Nc1cccnc1)NC1CC1. The summed E-state index contributed by atoms with van der Waals surface area (Å²) in [6.07, 6.45) is 5.95. The predicted octanol–water partition coefficient (Wildman–Crippen LogP) is 1.53. The highest BCUT2D eigenvalue weighted by molar-refractivity contribution is 7.80. The van der Waals surface area contributed by atoms with Gasteiger partial charge in [-0.25, -0.2) is 0 Å². The van der Waals surface area contributed by atoms with Crippen molar-refractivity contribution < 1.29 is 0 Å². The number of nitrogens with zero attached hydrogens (tertiary/aromatic N) is 1. The van der Waals surface area contributed by atoms with Gasteiger partial charge in [0.2, 0.25) is 0 Å². The van der Waals surface area contributed by atoms with E-state index >= 15 is 0 Å². The fourth-order valence-electron chi connectivity index (χ4n) is 1.02. The van der Waals surface area contributed by atoms with Gasteiger partial charge in [-0.2, -0.15) is 0 Å². The number of nitrogens with one attached hydrogen (secondary N) is 2. The second-order valence-corrected chi connectivity index (χ2v) is 3.52. The maximum Gasteiger partial charge on any atom is 0.171 e. The Morgan fingerprint density at radius 1 is 1.54 bits per heavy atom. The predicted molar refractivity (Wildman–Crippen MR) is 56.6 cm³/mol. The van der Waals surface area contributed by atoms with E-state index in [0.29, 0.717) is 11.2 Å². The summed E-state index contributed by atoms with van der Waals surface area (Å²) in [5, 5.41) is 6.96. The van der Waals surface area contributed by atoms with Gasteiger partial charge in [0.25, 0.3) is 0 Å². The van der Waals surface area contributed by atoms with Crippen molar-refractivity contribution in [3.63, 3.8) is 0 Å². The maximum atomic E-state index is 5.10. The van der Waals surface area contributed by atoms with Gasteiger partial charge < -0.3 is 10.6 Å². The summed E-state index contributed by atoms with van der Waals surface area (Å²) in [4.78, 5) is 3.98. The highest BCUT2D eigenvalue weighted by Gasteiger charge is 2.21. The molecule has 1 aliphatic carbocycles. The van der Waals surface area contributed by atoms with Crippen molar-refractivity contribution in [3.8, 4) is 0 Å². The van der Waals surface area contributed by atoms with Crippen molar-refractivity contribution in [1.82, 2.24) is 10.3 Å². The van der Waals surface area contributed by atoms with E-state index in [1.54, 1.807) is 12.4 Å². The van der Waals surface area contributed by atoms with Crippen molar-refractivity contribution >= 4 is 23.0 Å². The molecule has 0 aliphatic heterocycles. The average Bonchev–Trinajstić information content (AvgIpc) is 2.90. The monoisotopic (exact) mass is 193 g/mol. The van der Waals surface area contributed by atoms with Crippen LogP contribution in [0.15, 0.2) is 24.5 Å². The van der Waals surface area contributed by atoms with E-state index in [1.807, 2.05) is 12.1 Å². The third-order valence-electron chi connectivity index (χ3n) is 1.83. The number of hydrogen-bond acceptors (Lipinski definition) is 2. The van der Waals surface area contributed by atoms with Crippen molar-refractivity contribution in [2.45, 2.75) is 18.9 Å². The van der Waals surface area contributed by atoms with E-state index in [4.69, 9.17) is 12.2 Å². The Morgan fingerprint density at radius 3 is 3.00 bits per heavy atom. The Balaban J connectivity index is 1.86. The smallest absolute Gasteiger partial charge is 0.171 e. The number of hydrogen-bond donors (Lipinski definition) is 2. The number of aromatic nitrogens is 1.